The van der Waals surface area contributed by atoms with Crippen LogP contribution in [0.4, 0.5) is 4.39 Å². The van der Waals surface area contributed by atoms with E-state index in [1.165, 1.54) is 17.7 Å². The van der Waals surface area contributed by atoms with E-state index in [4.69, 9.17) is 0 Å². The molecule has 2 aromatic carbocycles. The molecule has 1 saturated carbocycles. The van der Waals surface area contributed by atoms with E-state index in [0.29, 0.717) is 35.9 Å². The number of carbonyl (C=O) groups is 2. The Labute approximate surface area is 175 Å². The summed E-state index contributed by atoms with van der Waals surface area (Å²) in [4.78, 5) is 29.1. The van der Waals surface area contributed by atoms with Crippen LogP contribution in [-0.4, -0.2) is 46.4 Å². The number of carboxylic acid groups (broad SMARTS) is 1. The second-order valence-corrected chi connectivity index (χ2v) is 8.83. The first-order valence-electron chi connectivity index (χ1n) is 10.6. The van der Waals surface area contributed by atoms with E-state index in [1.54, 1.807) is 4.90 Å². The molecule has 0 spiro atoms. The van der Waals surface area contributed by atoms with Gasteiger partial charge in [0.1, 0.15) is 5.82 Å². The Kier molecular flexibility index (Phi) is 4.82. The van der Waals surface area contributed by atoms with Crippen LogP contribution in [-0.2, 0) is 24.3 Å². The zero-order valence-corrected chi connectivity index (χ0v) is 16.8. The van der Waals surface area contributed by atoms with Gasteiger partial charge in [0, 0.05) is 38.6 Å². The van der Waals surface area contributed by atoms with Crippen molar-refractivity contribution in [3.05, 3.63) is 70.5 Å². The number of hydrogen-bond acceptors (Lipinski definition) is 3. The van der Waals surface area contributed by atoms with Gasteiger partial charge in [-0.1, -0.05) is 30.3 Å². The minimum absolute atomic E-state index is 0.0143. The predicted octanol–water partition coefficient (Wildman–Crippen LogP) is 3.18. The van der Waals surface area contributed by atoms with Crippen molar-refractivity contribution in [3.8, 4) is 0 Å². The first-order chi connectivity index (χ1) is 14.5. The quantitative estimate of drug-likeness (QED) is 0.844. The Morgan fingerprint density at radius 2 is 1.77 bits per heavy atom. The summed E-state index contributed by atoms with van der Waals surface area (Å²) in [6, 6.07) is 12.9. The Balaban J connectivity index is 1.27. The summed E-state index contributed by atoms with van der Waals surface area (Å²) in [5.41, 5.74) is 2.29. The smallest absolute Gasteiger partial charge is 0.336 e. The molecule has 1 aliphatic carbocycles. The molecule has 3 atom stereocenters. The molecule has 3 aliphatic heterocycles. The van der Waals surface area contributed by atoms with Crippen molar-refractivity contribution in [2.45, 2.75) is 25.9 Å². The second-order valence-electron chi connectivity index (χ2n) is 8.83. The van der Waals surface area contributed by atoms with Crippen LogP contribution in [0.25, 0.3) is 0 Å². The van der Waals surface area contributed by atoms with Gasteiger partial charge in [-0.2, -0.15) is 0 Å². The van der Waals surface area contributed by atoms with Gasteiger partial charge in [-0.05, 0) is 53.5 Å². The number of carbonyl (C=O) groups excluding carboxylic acids is 1. The highest BCUT2D eigenvalue weighted by atomic mass is 19.1. The standard InChI is InChI=1S/C24H25FN2O3/c25-21-7-6-19(24(29)30)20-14-27(9-8-18(20)21)23(28)22-16-10-17(22)13-26(12-16)11-15-4-2-1-3-5-15/h1-7,16-17,22H,8-14H2,(H,29,30)/t16-,17+,22?. The van der Waals surface area contributed by atoms with Crippen molar-refractivity contribution >= 4 is 11.9 Å². The highest BCUT2D eigenvalue weighted by Gasteiger charge is 2.51. The fraction of sp³-hybridized carbons (Fsp3) is 0.417. The molecule has 156 valence electrons. The zero-order valence-electron chi connectivity index (χ0n) is 16.8. The number of piperidine rings is 2. The highest BCUT2D eigenvalue weighted by Crippen LogP contribution is 2.47. The molecule has 1 amide bonds. The van der Waals surface area contributed by atoms with Gasteiger partial charge in [0.25, 0.3) is 0 Å². The maximum Gasteiger partial charge on any atom is 0.336 e. The molecule has 2 saturated heterocycles. The van der Waals surface area contributed by atoms with Gasteiger partial charge in [-0.15, -0.1) is 0 Å². The van der Waals surface area contributed by atoms with E-state index in [9.17, 15) is 19.1 Å². The molecule has 2 bridgehead atoms. The van der Waals surface area contributed by atoms with Gasteiger partial charge < -0.3 is 10.0 Å². The Bertz CT molecular complexity index is 981. The van der Waals surface area contributed by atoms with Crippen LogP contribution in [0.2, 0.25) is 0 Å². The Morgan fingerprint density at radius 1 is 1.03 bits per heavy atom. The number of nitrogens with zero attached hydrogens (tertiary/aromatic N) is 2. The van der Waals surface area contributed by atoms with Crippen LogP contribution in [0.1, 0.15) is 33.5 Å². The van der Waals surface area contributed by atoms with Gasteiger partial charge in [-0.3, -0.25) is 9.69 Å². The lowest BCUT2D eigenvalue weighted by Crippen LogP contribution is -2.60. The van der Waals surface area contributed by atoms with E-state index < -0.39 is 5.97 Å². The minimum atomic E-state index is -1.07. The lowest BCUT2D eigenvalue weighted by Gasteiger charge is -2.54. The number of hydrogen-bond donors (Lipinski definition) is 1. The molecule has 1 unspecified atom stereocenters. The fourth-order valence-electron chi connectivity index (χ4n) is 5.59. The Hall–Kier alpha value is -2.73. The van der Waals surface area contributed by atoms with Crippen LogP contribution in [0.5, 0.6) is 0 Å². The number of aromatic carboxylic acids is 1. The molecule has 3 fully saturated rings. The van der Waals surface area contributed by atoms with Crippen LogP contribution in [0, 0.1) is 23.6 Å². The van der Waals surface area contributed by atoms with E-state index >= 15 is 0 Å². The lowest BCUT2D eigenvalue weighted by atomic mass is 9.61. The number of fused-ring (bicyclic) bond motifs is 3. The van der Waals surface area contributed by atoms with Crippen molar-refractivity contribution < 1.29 is 19.1 Å². The van der Waals surface area contributed by atoms with E-state index in [2.05, 4.69) is 29.2 Å². The Morgan fingerprint density at radius 3 is 2.47 bits per heavy atom. The van der Waals surface area contributed by atoms with Crippen molar-refractivity contribution in [2.24, 2.45) is 17.8 Å². The molecule has 0 aromatic heterocycles. The van der Waals surface area contributed by atoms with Crippen molar-refractivity contribution in [1.29, 1.82) is 0 Å². The third kappa shape index (κ3) is 3.29. The summed E-state index contributed by atoms with van der Waals surface area (Å²) in [7, 11) is 0. The molecule has 0 radical (unpaired) electrons. The number of amides is 1. The normalized spacial score (nSPS) is 25.4. The molecule has 30 heavy (non-hydrogen) atoms. The number of halogens is 1. The first kappa shape index (κ1) is 19.2. The fourth-order valence-corrected chi connectivity index (χ4v) is 5.59. The van der Waals surface area contributed by atoms with Crippen molar-refractivity contribution in [2.75, 3.05) is 19.6 Å². The largest absolute Gasteiger partial charge is 0.478 e. The topological polar surface area (TPSA) is 60.9 Å². The molecular weight excluding hydrogens is 383 g/mol. The van der Waals surface area contributed by atoms with Gasteiger partial charge in [0.15, 0.2) is 0 Å². The number of carboxylic acids is 1. The highest BCUT2D eigenvalue weighted by molar-refractivity contribution is 5.90. The average Bonchev–Trinajstić information content (AvgIpc) is 2.74. The van der Waals surface area contributed by atoms with Gasteiger partial charge in [-0.25, -0.2) is 9.18 Å². The minimum Gasteiger partial charge on any atom is -0.478 e. The maximum absolute atomic E-state index is 14.2. The summed E-state index contributed by atoms with van der Waals surface area (Å²) < 4.78 is 14.2. The monoisotopic (exact) mass is 408 g/mol. The third-order valence-electron chi connectivity index (χ3n) is 7.04. The number of rotatable bonds is 4. The molecule has 4 aliphatic rings. The van der Waals surface area contributed by atoms with Crippen molar-refractivity contribution in [1.82, 2.24) is 9.80 Å². The summed E-state index contributed by atoms with van der Waals surface area (Å²) in [5.74, 6) is -0.611. The van der Waals surface area contributed by atoms with Crippen LogP contribution < -0.4 is 0 Å². The van der Waals surface area contributed by atoms with Crippen LogP contribution in [0.3, 0.4) is 0 Å². The SMILES string of the molecule is O=C(O)c1ccc(F)c2c1CN(C(=O)C1[C@@H]3C[C@H]1CN(Cc1ccccc1)C3)CC2. The molecule has 2 aromatic rings. The molecule has 1 N–H and O–H groups in total. The lowest BCUT2D eigenvalue weighted by molar-refractivity contribution is -0.154. The molecule has 3 heterocycles. The van der Waals surface area contributed by atoms with Crippen LogP contribution >= 0.6 is 0 Å². The summed E-state index contributed by atoms with van der Waals surface area (Å²) >= 11 is 0. The van der Waals surface area contributed by atoms with Gasteiger partial charge in [0.05, 0.1) is 5.56 Å². The van der Waals surface area contributed by atoms with Crippen molar-refractivity contribution in [3.63, 3.8) is 0 Å². The molecule has 5 nitrogen and oxygen atoms in total. The summed E-state index contributed by atoms with van der Waals surface area (Å²) in [6.07, 6.45) is 1.46. The molecular formula is C24H25FN2O3. The molecule has 6 rings (SSSR count). The van der Waals surface area contributed by atoms with E-state index in [1.807, 2.05) is 6.07 Å². The number of benzene rings is 2. The third-order valence-corrected chi connectivity index (χ3v) is 7.04. The van der Waals surface area contributed by atoms with E-state index in [-0.39, 0.29) is 29.8 Å². The van der Waals surface area contributed by atoms with E-state index in [0.717, 1.165) is 26.1 Å². The zero-order chi connectivity index (χ0) is 20.8. The van der Waals surface area contributed by atoms with Gasteiger partial charge in [0.2, 0.25) is 5.91 Å². The maximum atomic E-state index is 14.2. The van der Waals surface area contributed by atoms with Crippen LogP contribution in [0.15, 0.2) is 42.5 Å². The summed E-state index contributed by atoms with van der Waals surface area (Å²) in [5, 5.41) is 9.47. The van der Waals surface area contributed by atoms with Gasteiger partial charge >= 0.3 is 5.97 Å². The average molecular weight is 408 g/mol. The first-order valence-corrected chi connectivity index (χ1v) is 10.6. The summed E-state index contributed by atoms with van der Waals surface area (Å²) in [6.45, 7) is 3.39. The second kappa shape index (κ2) is 7.51. The predicted molar refractivity (Wildman–Crippen MR) is 109 cm³/mol. The molecule has 6 heteroatoms.